The lowest BCUT2D eigenvalue weighted by Gasteiger charge is -2.17. The van der Waals surface area contributed by atoms with E-state index >= 15 is 0 Å². The molecular formula is C11H25NO2S. The SMILES string of the molecule is CCCNC(CCC)CSCC(O)CO. The van der Waals surface area contributed by atoms with Crippen molar-refractivity contribution in [2.45, 2.75) is 45.3 Å². The first-order chi connectivity index (χ1) is 7.24. The zero-order valence-corrected chi connectivity index (χ0v) is 10.7. The van der Waals surface area contributed by atoms with Crippen molar-refractivity contribution in [2.75, 3.05) is 24.7 Å². The van der Waals surface area contributed by atoms with E-state index in [0.717, 1.165) is 18.7 Å². The van der Waals surface area contributed by atoms with Crippen molar-refractivity contribution in [3.05, 3.63) is 0 Å². The Morgan fingerprint density at radius 1 is 1.20 bits per heavy atom. The summed E-state index contributed by atoms with van der Waals surface area (Å²) >= 11 is 1.71. The lowest BCUT2D eigenvalue weighted by atomic mass is 10.2. The Labute approximate surface area is 97.7 Å². The molecule has 3 nitrogen and oxygen atoms in total. The van der Waals surface area contributed by atoms with Crippen LogP contribution in [0.1, 0.15) is 33.1 Å². The molecule has 0 aromatic heterocycles. The van der Waals surface area contributed by atoms with Gasteiger partial charge >= 0.3 is 0 Å². The van der Waals surface area contributed by atoms with Crippen LogP contribution >= 0.6 is 11.8 Å². The van der Waals surface area contributed by atoms with E-state index in [-0.39, 0.29) is 6.61 Å². The van der Waals surface area contributed by atoms with Gasteiger partial charge in [0.1, 0.15) is 0 Å². The van der Waals surface area contributed by atoms with E-state index in [1.54, 1.807) is 11.8 Å². The van der Waals surface area contributed by atoms with Crippen molar-refractivity contribution in [1.29, 1.82) is 0 Å². The summed E-state index contributed by atoms with van der Waals surface area (Å²) in [6.45, 7) is 5.29. The van der Waals surface area contributed by atoms with E-state index in [4.69, 9.17) is 5.11 Å². The lowest BCUT2D eigenvalue weighted by Crippen LogP contribution is -2.32. The highest BCUT2D eigenvalue weighted by Crippen LogP contribution is 2.09. The maximum absolute atomic E-state index is 9.19. The van der Waals surface area contributed by atoms with Crippen LogP contribution in [0.2, 0.25) is 0 Å². The molecule has 2 atom stereocenters. The number of hydrogen-bond acceptors (Lipinski definition) is 4. The Kier molecular flexibility index (Phi) is 10.9. The van der Waals surface area contributed by atoms with E-state index in [0.29, 0.717) is 11.8 Å². The molecule has 0 bridgehead atoms. The molecule has 0 amide bonds. The molecule has 15 heavy (non-hydrogen) atoms. The average Bonchev–Trinajstić information content (AvgIpc) is 2.25. The van der Waals surface area contributed by atoms with Gasteiger partial charge in [-0.1, -0.05) is 20.3 Å². The minimum absolute atomic E-state index is 0.131. The molecule has 0 spiro atoms. The van der Waals surface area contributed by atoms with Gasteiger partial charge in [-0.25, -0.2) is 0 Å². The second-order valence-corrected chi connectivity index (χ2v) is 4.89. The van der Waals surface area contributed by atoms with E-state index < -0.39 is 6.10 Å². The summed E-state index contributed by atoms with van der Waals surface area (Å²) in [5, 5.41) is 21.3. The first kappa shape index (κ1) is 15.2. The van der Waals surface area contributed by atoms with Crippen LogP contribution in [0.5, 0.6) is 0 Å². The van der Waals surface area contributed by atoms with Crippen molar-refractivity contribution >= 4 is 11.8 Å². The van der Waals surface area contributed by atoms with Gasteiger partial charge in [-0.05, 0) is 19.4 Å². The minimum atomic E-state index is -0.566. The fourth-order valence-electron chi connectivity index (χ4n) is 1.34. The zero-order valence-electron chi connectivity index (χ0n) is 9.91. The molecule has 4 heteroatoms. The summed E-state index contributed by atoms with van der Waals surface area (Å²) in [5.41, 5.74) is 0. The zero-order chi connectivity index (χ0) is 11.5. The lowest BCUT2D eigenvalue weighted by molar-refractivity contribution is 0.113. The van der Waals surface area contributed by atoms with Crippen LogP contribution < -0.4 is 5.32 Å². The monoisotopic (exact) mass is 235 g/mol. The molecule has 2 unspecified atom stereocenters. The Morgan fingerprint density at radius 2 is 1.93 bits per heavy atom. The standard InChI is InChI=1S/C11H25NO2S/c1-3-5-10(12-6-4-2)8-15-9-11(14)7-13/h10-14H,3-9H2,1-2H3. The normalized spacial score (nSPS) is 15.2. The molecule has 0 aromatic rings. The van der Waals surface area contributed by atoms with E-state index in [2.05, 4.69) is 19.2 Å². The largest absolute Gasteiger partial charge is 0.394 e. The van der Waals surface area contributed by atoms with Crippen molar-refractivity contribution in [3.8, 4) is 0 Å². The second kappa shape index (κ2) is 10.7. The highest BCUT2D eigenvalue weighted by molar-refractivity contribution is 7.99. The maximum atomic E-state index is 9.19. The molecule has 0 saturated carbocycles. The predicted octanol–water partition coefficient (Wildman–Crippen LogP) is 1.24. The summed E-state index contributed by atoms with van der Waals surface area (Å²) in [4.78, 5) is 0. The van der Waals surface area contributed by atoms with Crippen molar-refractivity contribution < 1.29 is 10.2 Å². The molecular weight excluding hydrogens is 210 g/mol. The van der Waals surface area contributed by atoms with Gasteiger partial charge in [0, 0.05) is 17.5 Å². The van der Waals surface area contributed by atoms with Crippen LogP contribution in [-0.4, -0.2) is 47.0 Å². The van der Waals surface area contributed by atoms with Gasteiger partial charge in [0.2, 0.25) is 0 Å². The molecule has 0 aliphatic rings. The van der Waals surface area contributed by atoms with Crippen molar-refractivity contribution in [2.24, 2.45) is 0 Å². The maximum Gasteiger partial charge on any atom is 0.0861 e. The number of aliphatic hydroxyl groups excluding tert-OH is 2. The number of rotatable bonds is 10. The number of aliphatic hydroxyl groups is 2. The minimum Gasteiger partial charge on any atom is -0.394 e. The quantitative estimate of drug-likeness (QED) is 0.533. The molecule has 0 aromatic carbocycles. The van der Waals surface area contributed by atoms with Gasteiger partial charge in [-0.3, -0.25) is 0 Å². The molecule has 0 rings (SSSR count). The average molecular weight is 235 g/mol. The number of nitrogens with one attached hydrogen (secondary N) is 1. The third kappa shape index (κ3) is 9.18. The van der Waals surface area contributed by atoms with E-state index in [1.165, 1.54) is 12.8 Å². The third-order valence-electron chi connectivity index (χ3n) is 2.16. The molecule has 0 aliphatic carbocycles. The van der Waals surface area contributed by atoms with Gasteiger partial charge in [0.25, 0.3) is 0 Å². The van der Waals surface area contributed by atoms with Gasteiger partial charge in [-0.2, -0.15) is 11.8 Å². The third-order valence-corrected chi connectivity index (χ3v) is 3.42. The highest BCUT2D eigenvalue weighted by atomic mass is 32.2. The molecule has 3 N–H and O–H groups in total. The van der Waals surface area contributed by atoms with Crippen LogP contribution in [-0.2, 0) is 0 Å². The van der Waals surface area contributed by atoms with Crippen LogP contribution in [0.4, 0.5) is 0 Å². The summed E-state index contributed by atoms with van der Waals surface area (Å²) in [6, 6.07) is 0.547. The Balaban J connectivity index is 3.55. The van der Waals surface area contributed by atoms with Crippen LogP contribution in [0, 0.1) is 0 Å². The topological polar surface area (TPSA) is 52.5 Å². The van der Waals surface area contributed by atoms with Crippen LogP contribution in [0.25, 0.3) is 0 Å². The van der Waals surface area contributed by atoms with E-state index in [9.17, 15) is 5.11 Å². The fraction of sp³-hybridized carbons (Fsp3) is 1.00. The Hall–Kier alpha value is 0.230. The Bertz CT molecular complexity index is 136. The molecule has 0 saturated heterocycles. The predicted molar refractivity (Wildman–Crippen MR) is 67.4 cm³/mol. The molecule has 0 fully saturated rings. The van der Waals surface area contributed by atoms with E-state index in [1.807, 2.05) is 0 Å². The smallest absolute Gasteiger partial charge is 0.0861 e. The summed E-state index contributed by atoms with van der Waals surface area (Å²) < 4.78 is 0. The Morgan fingerprint density at radius 3 is 2.47 bits per heavy atom. The number of thioether (sulfide) groups is 1. The highest BCUT2D eigenvalue weighted by Gasteiger charge is 2.08. The first-order valence-electron chi connectivity index (χ1n) is 5.84. The molecule has 0 heterocycles. The van der Waals surface area contributed by atoms with Gasteiger partial charge in [0.05, 0.1) is 12.7 Å². The number of hydrogen-bond donors (Lipinski definition) is 3. The summed E-state index contributed by atoms with van der Waals surface area (Å²) in [6.07, 6.45) is 2.96. The van der Waals surface area contributed by atoms with Crippen LogP contribution in [0.15, 0.2) is 0 Å². The first-order valence-corrected chi connectivity index (χ1v) is 7.00. The fourth-order valence-corrected chi connectivity index (χ4v) is 2.42. The summed E-state index contributed by atoms with van der Waals surface area (Å²) in [7, 11) is 0. The van der Waals surface area contributed by atoms with Crippen molar-refractivity contribution in [1.82, 2.24) is 5.32 Å². The van der Waals surface area contributed by atoms with Gasteiger partial charge < -0.3 is 15.5 Å². The second-order valence-electron chi connectivity index (χ2n) is 3.81. The van der Waals surface area contributed by atoms with Gasteiger partial charge in [0.15, 0.2) is 0 Å². The van der Waals surface area contributed by atoms with Crippen LogP contribution in [0.3, 0.4) is 0 Å². The molecule has 0 radical (unpaired) electrons. The molecule has 92 valence electrons. The molecule has 0 aliphatic heterocycles. The van der Waals surface area contributed by atoms with Crippen molar-refractivity contribution in [3.63, 3.8) is 0 Å². The van der Waals surface area contributed by atoms with Gasteiger partial charge in [-0.15, -0.1) is 0 Å². The summed E-state index contributed by atoms with van der Waals surface area (Å²) in [5.74, 6) is 1.65.